The lowest BCUT2D eigenvalue weighted by Gasteiger charge is -2.15. The molecule has 1 aliphatic rings. The van der Waals surface area contributed by atoms with Gasteiger partial charge in [0.15, 0.2) is 5.82 Å². The van der Waals surface area contributed by atoms with Crippen molar-refractivity contribution in [1.29, 1.82) is 0 Å². The number of hydrogen-bond donors (Lipinski definition) is 3. The van der Waals surface area contributed by atoms with Gasteiger partial charge in [0.25, 0.3) is 5.91 Å². The monoisotopic (exact) mass is 543 g/mol. The van der Waals surface area contributed by atoms with Gasteiger partial charge in [-0.15, -0.1) is 23.2 Å². The highest BCUT2D eigenvalue weighted by atomic mass is 35.5. The molecular formula is C20H13Cl3F5N3O3. The zero-order valence-corrected chi connectivity index (χ0v) is 19.1. The van der Waals surface area contributed by atoms with Crippen LogP contribution in [0.5, 0.6) is 0 Å². The van der Waals surface area contributed by atoms with E-state index in [2.05, 4.69) is 5.32 Å². The summed E-state index contributed by atoms with van der Waals surface area (Å²) in [6.07, 6.45) is -5.10. The highest BCUT2D eigenvalue weighted by molar-refractivity contribution is 6.52. The number of alkyl halides is 5. The molecule has 0 aromatic heterocycles. The van der Waals surface area contributed by atoms with E-state index in [9.17, 15) is 36.3 Å². The van der Waals surface area contributed by atoms with Gasteiger partial charge in [0.1, 0.15) is 15.8 Å². The Kier molecular flexibility index (Phi) is 7.03. The molecule has 1 unspecified atom stereocenters. The van der Waals surface area contributed by atoms with Crippen LogP contribution in [0.15, 0.2) is 24.3 Å². The Bertz CT molecular complexity index is 1200. The summed E-state index contributed by atoms with van der Waals surface area (Å²) in [6, 6.07) is 3.66. The zero-order valence-electron chi connectivity index (χ0n) is 16.8. The van der Waals surface area contributed by atoms with E-state index >= 15 is 0 Å². The maximum absolute atomic E-state index is 14.6. The first-order chi connectivity index (χ1) is 15.6. The lowest BCUT2D eigenvalue weighted by atomic mass is 10.1. The fourth-order valence-corrected chi connectivity index (χ4v) is 3.57. The second-order valence-corrected chi connectivity index (χ2v) is 9.27. The number of aryl methyl sites for hydroxylation is 1. The van der Waals surface area contributed by atoms with Gasteiger partial charge >= 0.3 is 12.1 Å². The Morgan fingerprint density at radius 1 is 1.06 bits per heavy atom. The molecule has 2 aromatic rings. The Labute approximate surface area is 203 Å². The molecule has 0 spiro atoms. The number of rotatable bonds is 5. The molecule has 1 fully saturated rings. The molecule has 3 rings (SSSR count). The molecule has 34 heavy (non-hydrogen) atoms. The fraction of sp³-hybridized carbons (Fsp3) is 0.250. The molecule has 1 aliphatic carbocycles. The average Bonchev–Trinajstić information content (AvgIpc) is 3.37. The van der Waals surface area contributed by atoms with Crippen LogP contribution >= 0.6 is 34.8 Å². The number of benzene rings is 2. The van der Waals surface area contributed by atoms with Crippen molar-refractivity contribution in [2.24, 2.45) is 5.92 Å². The number of amides is 3. The van der Waals surface area contributed by atoms with Crippen LogP contribution in [0.2, 0.25) is 5.02 Å². The average molecular weight is 545 g/mol. The molecule has 14 heteroatoms. The maximum Gasteiger partial charge on any atom is 0.471 e. The molecule has 2 aromatic carbocycles. The van der Waals surface area contributed by atoms with Gasteiger partial charge in [-0.05, 0) is 43.2 Å². The molecule has 0 bridgehead atoms. The van der Waals surface area contributed by atoms with Crippen LogP contribution in [-0.2, 0) is 9.59 Å². The molecule has 3 N–H and O–H groups in total. The number of carbonyl (C=O) groups excluding carboxylic acids is 3. The Balaban J connectivity index is 1.86. The number of anilines is 3. The SMILES string of the molecule is Cc1cc(NC(=O)C2CC2(Cl)Cl)cc(C(=O)Nc2c(F)ccc(NC(=O)C(F)(F)F)c2F)c1Cl. The quantitative estimate of drug-likeness (QED) is 0.328. The molecule has 0 saturated heterocycles. The van der Waals surface area contributed by atoms with Crippen LogP contribution < -0.4 is 16.0 Å². The lowest BCUT2D eigenvalue weighted by molar-refractivity contribution is -0.167. The zero-order chi connectivity index (χ0) is 25.6. The molecular weight excluding hydrogens is 532 g/mol. The predicted octanol–water partition coefficient (Wildman–Crippen LogP) is 5.81. The predicted molar refractivity (Wildman–Crippen MR) is 116 cm³/mol. The standard InChI is InChI=1S/C20H13Cl3F5N3O3/c1-7-4-8(29-17(33)10-6-19(10,22)23)5-9(13(7)21)16(32)31-15-11(24)2-3-12(14(15)25)30-18(34)20(26,27)28/h2-5,10H,6H2,1H3,(H,29,33)(H,30,34)(H,31,32). The summed E-state index contributed by atoms with van der Waals surface area (Å²) in [5.74, 6) is -7.83. The third-order valence-corrected chi connectivity index (χ3v) is 6.08. The Morgan fingerprint density at radius 3 is 2.24 bits per heavy atom. The van der Waals surface area contributed by atoms with Crippen LogP contribution in [0.25, 0.3) is 0 Å². The molecule has 182 valence electrons. The van der Waals surface area contributed by atoms with Gasteiger partial charge in [-0.1, -0.05) is 11.6 Å². The molecule has 0 aliphatic heterocycles. The van der Waals surface area contributed by atoms with E-state index < -0.39 is 57.2 Å². The van der Waals surface area contributed by atoms with Gasteiger partial charge in [-0.25, -0.2) is 8.78 Å². The molecule has 1 atom stereocenters. The van der Waals surface area contributed by atoms with E-state index in [0.717, 1.165) is 6.07 Å². The summed E-state index contributed by atoms with van der Waals surface area (Å²) in [7, 11) is 0. The summed E-state index contributed by atoms with van der Waals surface area (Å²) >= 11 is 17.8. The smallest absolute Gasteiger partial charge is 0.326 e. The highest BCUT2D eigenvalue weighted by Crippen LogP contribution is 2.53. The van der Waals surface area contributed by atoms with Crippen LogP contribution in [0.3, 0.4) is 0 Å². The fourth-order valence-electron chi connectivity index (χ4n) is 2.87. The van der Waals surface area contributed by atoms with Crippen LogP contribution in [0.4, 0.5) is 39.0 Å². The van der Waals surface area contributed by atoms with Gasteiger partial charge < -0.3 is 16.0 Å². The van der Waals surface area contributed by atoms with Crippen molar-refractivity contribution in [3.05, 3.63) is 52.0 Å². The first kappa shape index (κ1) is 26.0. The Hall–Kier alpha value is -2.63. The van der Waals surface area contributed by atoms with Gasteiger partial charge in [0.05, 0.1) is 22.2 Å². The minimum atomic E-state index is -5.33. The third kappa shape index (κ3) is 5.53. The van der Waals surface area contributed by atoms with Crippen LogP contribution in [0.1, 0.15) is 22.3 Å². The molecule has 1 saturated carbocycles. The van der Waals surface area contributed by atoms with E-state index in [1.807, 2.05) is 5.32 Å². The summed E-state index contributed by atoms with van der Waals surface area (Å²) in [5.41, 5.74) is -2.02. The molecule has 6 nitrogen and oxygen atoms in total. The summed E-state index contributed by atoms with van der Waals surface area (Å²) in [5, 5.41) is 5.52. The second kappa shape index (κ2) is 9.20. The van der Waals surface area contributed by atoms with Crippen molar-refractivity contribution in [2.45, 2.75) is 23.9 Å². The number of hydrogen-bond acceptors (Lipinski definition) is 3. The van der Waals surface area contributed by atoms with Crippen LogP contribution in [-0.4, -0.2) is 28.2 Å². The van der Waals surface area contributed by atoms with Gasteiger partial charge in [-0.3, -0.25) is 14.4 Å². The summed E-state index contributed by atoms with van der Waals surface area (Å²) in [4.78, 5) is 36.0. The van der Waals surface area contributed by atoms with E-state index in [4.69, 9.17) is 34.8 Å². The topological polar surface area (TPSA) is 87.3 Å². The van der Waals surface area contributed by atoms with Crippen molar-refractivity contribution >= 4 is 69.6 Å². The van der Waals surface area contributed by atoms with Crippen molar-refractivity contribution in [3.63, 3.8) is 0 Å². The highest BCUT2D eigenvalue weighted by Gasteiger charge is 2.56. The van der Waals surface area contributed by atoms with Crippen molar-refractivity contribution in [2.75, 3.05) is 16.0 Å². The van der Waals surface area contributed by atoms with E-state index in [-0.39, 0.29) is 22.7 Å². The second-order valence-electron chi connectivity index (χ2n) is 7.35. The normalized spacial score (nSPS) is 16.6. The van der Waals surface area contributed by atoms with Crippen molar-refractivity contribution in [1.82, 2.24) is 0 Å². The summed E-state index contributed by atoms with van der Waals surface area (Å²) in [6.45, 7) is 1.49. The molecule has 3 amide bonds. The number of carbonyl (C=O) groups is 3. The summed E-state index contributed by atoms with van der Waals surface area (Å²) < 4.78 is 64.9. The van der Waals surface area contributed by atoms with Gasteiger partial charge in [0.2, 0.25) is 5.91 Å². The Morgan fingerprint density at radius 2 is 1.68 bits per heavy atom. The first-order valence-electron chi connectivity index (χ1n) is 9.28. The van der Waals surface area contributed by atoms with E-state index in [1.54, 1.807) is 0 Å². The molecule has 0 radical (unpaired) electrons. The first-order valence-corrected chi connectivity index (χ1v) is 10.4. The maximum atomic E-state index is 14.6. The number of nitrogens with one attached hydrogen (secondary N) is 3. The largest absolute Gasteiger partial charge is 0.471 e. The van der Waals surface area contributed by atoms with Gasteiger partial charge in [-0.2, -0.15) is 13.2 Å². The minimum Gasteiger partial charge on any atom is -0.326 e. The van der Waals surface area contributed by atoms with E-state index in [0.29, 0.717) is 17.7 Å². The van der Waals surface area contributed by atoms with Crippen molar-refractivity contribution < 1.29 is 36.3 Å². The van der Waals surface area contributed by atoms with Crippen LogP contribution in [0, 0.1) is 24.5 Å². The van der Waals surface area contributed by atoms with Gasteiger partial charge in [0, 0.05) is 5.69 Å². The van der Waals surface area contributed by atoms with Crippen molar-refractivity contribution in [3.8, 4) is 0 Å². The number of halogens is 8. The minimum absolute atomic E-state index is 0.111. The third-order valence-electron chi connectivity index (χ3n) is 4.74. The van der Waals surface area contributed by atoms with E-state index in [1.165, 1.54) is 18.3 Å². The lowest BCUT2D eigenvalue weighted by Crippen LogP contribution is -2.30. The molecule has 0 heterocycles.